The predicted molar refractivity (Wildman–Crippen MR) is 75.7 cm³/mol. The average Bonchev–Trinajstić information content (AvgIpc) is 2.32. The molecule has 0 bridgehead atoms. The predicted octanol–water partition coefficient (Wildman–Crippen LogP) is 3.63. The quantitative estimate of drug-likeness (QED) is 0.835. The fourth-order valence-corrected chi connectivity index (χ4v) is 2.22. The molecule has 1 aromatic heterocycles. The van der Waals surface area contributed by atoms with Crippen LogP contribution in [-0.2, 0) is 0 Å². The summed E-state index contributed by atoms with van der Waals surface area (Å²) in [5.41, 5.74) is 6.68. The van der Waals surface area contributed by atoms with Crippen molar-refractivity contribution in [3.8, 4) is 5.75 Å². The number of ether oxygens (including phenoxy) is 1. The summed E-state index contributed by atoms with van der Waals surface area (Å²) in [5.74, 6) is 1.51. The summed E-state index contributed by atoms with van der Waals surface area (Å²) in [5, 5.41) is 1.98. The molecule has 0 aliphatic heterocycles. The van der Waals surface area contributed by atoms with Gasteiger partial charge in [0.15, 0.2) is 0 Å². The van der Waals surface area contributed by atoms with Gasteiger partial charge in [0.2, 0.25) is 0 Å². The van der Waals surface area contributed by atoms with Gasteiger partial charge in [-0.05, 0) is 37.5 Å². The third-order valence-corrected chi connectivity index (χ3v) is 2.94. The van der Waals surface area contributed by atoms with Crippen LogP contribution in [0.15, 0.2) is 30.6 Å². The van der Waals surface area contributed by atoms with E-state index in [1.54, 1.807) is 12.4 Å². The number of hydrogen-bond acceptors (Lipinski definition) is 3. The maximum atomic E-state index is 6.01. The van der Waals surface area contributed by atoms with Crippen molar-refractivity contribution in [2.24, 2.45) is 5.92 Å². The van der Waals surface area contributed by atoms with Gasteiger partial charge in [0.1, 0.15) is 5.75 Å². The van der Waals surface area contributed by atoms with E-state index in [2.05, 4.69) is 25.8 Å². The number of aromatic nitrogens is 1. The lowest BCUT2D eigenvalue weighted by Gasteiger charge is -2.18. The highest BCUT2D eigenvalue weighted by Gasteiger charge is 2.10. The van der Waals surface area contributed by atoms with Crippen molar-refractivity contribution in [2.45, 2.75) is 33.3 Å². The molecule has 18 heavy (non-hydrogen) atoms. The van der Waals surface area contributed by atoms with Crippen molar-refractivity contribution >= 4 is 16.5 Å². The minimum atomic E-state index is 0.199. The van der Waals surface area contributed by atoms with Crippen LogP contribution in [0.4, 0.5) is 5.69 Å². The van der Waals surface area contributed by atoms with Crippen LogP contribution in [0.3, 0.4) is 0 Å². The lowest BCUT2D eigenvalue weighted by Crippen LogP contribution is -2.14. The van der Waals surface area contributed by atoms with Gasteiger partial charge < -0.3 is 10.5 Å². The van der Waals surface area contributed by atoms with E-state index in [-0.39, 0.29) is 6.10 Å². The Kier molecular flexibility index (Phi) is 3.70. The van der Waals surface area contributed by atoms with Crippen molar-refractivity contribution < 1.29 is 4.74 Å². The number of nitrogens with two attached hydrogens (primary N) is 1. The Hall–Kier alpha value is -1.77. The summed E-state index contributed by atoms with van der Waals surface area (Å²) >= 11 is 0. The van der Waals surface area contributed by atoms with E-state index in [1.807, 2.05) is 18.2 Å². The van der Waals surface area contributed by atoms with E-state index in [0.717, 1.165) is 28.6 Å². The minimum absolute atomic E-state index is 0.199. The zero-order valence-corrected chi connectivity index (χ0v) is 11.2. The molecule has 0 saturated carbocycles. The lowest BCUT2D eigenvalue weighted by molar-refractivity contribution is 0.195. The zero-order valence-electron chi connectivity index (χ0n) is 11.2. The number of pyridine rings is 1. The molecule has 0 saturated heterocycles. The van der Waals surface area contributed by atoms with E-state index in [4.69, 9.17) is 10.5 Å². The molecule has 3 heteroatoms. The van der Waals surface area contributed by atoms with Crippen LogP contribution in [0.1, 0.15) is 27.2 Å². The number of anilines is 1. The first kappa shape index (κ1) is 12.7. The number of benzene rings is 1. The summed E-state index contributed by atoms with van der Waals surface area (Å²) in [4.78, 5) is 4.11. The first-order chi connectivity index (χ1) is 8.58. The molecule has 0 radical (unpaired) electrons. The monoisotopic (exact) mass is 244 g/mol. The summed E-state index contributed by atoms with van der Waals surface area (Å²) in [7, 11) is 0. The molecule has 1 atom stereocenters. The van der Waals surface area contributed by atoms with Gasteiger partial charge >= 0.3 is 0 Å². The van der Waals surface area contributed by atoms with Crippen molar-refractivity contribution in [3.05, 3.63) is 30.6 Å². The van der Waals surface area contributed by atoms with E-state index in [0.29, 0.717) is 5.92 Å². The van der Waals surface area contributed by atoms with Gasteiger partial charge in [-0.25, -0.2) is 0 Å². The fourth-order valence-electron chi connectivity index (χ4n) is 2.22. The molecule has 0 fully saturated rings. The van der Waals surface area contributed by atoms with Crippen LogP contribution in [0.5, 0.6) is 5.75 Å². The zero-order chi connectivity index (χ0) is 13.1. The van der Waals surface area contributed by atoms with E-state index in [9.17, 15) is 0 Å². The molecule has 3 nitrogen and oxygen atoms in total. The van der Waals surface area contributed by atoms with Crippen molar-refractivity contribution in [2.75, 3.05) is 5.73 Å². The van der Waals surface area contributed by atoms with Gasteiger partial charge in [-0.1, -0.05) is 13.8 Å². The van der Waals surface area contributed by atoms with Gasteiger partial charge in [0, 0.05) is 28.9 Å². The Balaban J connectivity index is 2.31. The highest BCUT2D eigenvalue weighted by atomic mass is 16.5. The summed E-state index contributed by atoms with van der Waals surface area (Å²) in [6.45, 7) is 6.50. The molecule has 1 unspecified atom stereocenters. The molecule has 0 spiro atoms. The van der Waals surface area contributed by atoms with E-state index >= 15 is 0 Å². The van der Waals surface area contributed by atoms with Crippen LogP contribution in [0.2, 0.25) is 0 Å². The first-order valence-corrected chi connectivity index (χ1v) is 6.36. The van der Waals surface area contributed by atoms with Crippen molar-refractivity contribution in [3.63, 3.8) is 0 Å². The molecule has 2 N–H and O–H groups in total. The Morgan fingerprint density at radius 3 is 2.67 bits per heavy atom. The molecular formula is C15H20N2O. The molecule has 1 heterocycles. The third-order valence-electron chi connectivity index (χ3n) is 2.94. The molecule has 96 valence electrons. The SMILES string of the molecule is CC(C)CC(C)Oc1ccc(N)c2cnccc12. The smallest absolute Gasteiger partial charge is 0.127 e. The molecule has 0 aliphatic rings. The fraction of sp³-hybridized carbons (Fsp3) is 0.400. The second kappa shape index (κ2) is 5.25. The van der Waals surface area contributed by atoms with Gasteiger partial charge in [-0.3, -0.25) is 4.98 Å². The second-order valence-corrected chi connectivity index (χ2v) is 5.13. The standard InChI is InChI=1S/C15H20N2O/c1-10(2)8-11(3)18-15-5-4-14(16)13-9-17-7-6-12(13)15/h4-7,9-11H,8,16H2,1-3H3. The van der Waals surface area contributed by atoms with Gasteiger partial charge in [-0.2, -0.15) is 0 Å². The van der Waals surface area contributed by atoms with Gasteiger partial charge in [0.05, 0.1) is 6.10 Å². The van der Waals surface area contributed by atoms with Crippen molar-refractivity contribution in [1.82, 2.24) is 4.98 Å². The van der Waals surface area contributed by atoms with Crippen LogP contribution < -0.4 is 10.5 Å². The lowest BCUT2D eigenvalue weighted by atomic mass is 10.1. The third kappa shape index (κ3) is 2.73. The molecule has 0 aliphatic carbocycles. The number of hydrogen-bond donors (Lipinski definition) is 1. The Morgan fingerprint density at radius 2 is 1.94 bits per heavy atom. The molecule has 1 aromatic carbocycles. The summed E-state index contributed by atoms with van der Waals surface area (Å²) in [6.07, 6.45) is 4.79. The largest absolute Gasteiger partial charge is 0.490 e. The minimum Gasteiger partial charge on any atom is -0.490 e. The van der Waals surface area contributed by atoms with Gasteiger partial charge in [-0.15, -0.1) is 0 Å². The number of rotatable bonds is 4. The summed E-state index contributed by atoms with van der Waals surface area (Å²) in [6, 6.07) is 5.76. The Morgan fingerprint density at radius 1 is 1.17 bits per heavy atom. The van der Waals surface area contributed by atoms with Crippen molar-refractivity contribution in [1.29, 1.82) is 0 Å². The average molecular weight is 244 g/mol. The number of nitrogen functional groups attached to an aromatic ring is 1. The Bertz CT molecular complexity index is 537. The van der Waals surface area contributed by atoms with Gasteiger partial charge in [0.25, 0.3) is 0 Å². The molecule has 2 rings (SSSR count). The highest BCUT2D eigenvalue weighted by Crippen LogP contribution is 2.30. The Labute approximate surface area is 108 Å². The van der Waals surface area contributed by atoms with E-state index < -0.39 is 0 Å². The maximum absolute atomic E-state index is 6.01. The van der Waals surface area contributed by atoms with Crippen LogP contribution >= 0.6 is 0 Å². The molecule has 0 amide bonds. The van der Waals surface area contributed by atoms with Crippen LogP contribution in [-0.4, -0.2) is 11.1 Å². The first-order valence-electron chi connectivity index (χ1n) is 6.36. The highest BCUT2D eigenvalue weighted by molar-refractivity contribution is 5.96. The van der Waals surface area contributed by atoms with E-state index in [1.165, 1.54) is 0 Å². The normalized spacial score (nSPS) is 12.9. The number of fused-ring (bicyclic) bond motifs is 1. The topological polar surface area (TPSA) is 48.1 Å². The van der Waals surface area contributed by atoms with Crippen LogP contribution in [0.25, 0.3) is 10.8 Å². The number of nitrogens with zero attached hydrogens (tertiary/aromatic N) is 1. The van der Waals surface area contributed by atoms with Crippen LogP contribution in [0, 0.1) is 5.92 Å². The molecule has 2 aromatic rings. The maximum Gasteiger partial charge on any atom is 0.127 e. The molecular weight excluding hydrogens is 224 g/mol. The summed E-state index contributed by atoms with van der Waals surface area (Å²) < 4.78 is 6.01. The second-order valence-electron chi connectivity index (χ2n) is 5.13.